The van der Waals surface area contributed by atoms with Crippen molar-refractivity contribution in [2.75, 3.05) is 19.1 Å². The van der Waals surface area contributed by atoms with E-state index in [1.54, 1.807) is 14.2 Å². The van der Waals surface area contributed by atoms with Gasteiger partial charge in [0.05, 0.1) is 26.9 Å². The maximum absolute atomic E-state index is 9.48. The summed E-state index contributed by atoms with van der Waals surface area (Å²) in [6.07, 6.45) is 7.20. The predicted molar refractivity (Wildman–Crippen MR) is 161 cm³/mol. The quantitative estimate of drug-likeness (QED) is 0.237. The molecule has 0 aliphatic heterocycles. The molecule has 2 aliphatic carbocycles. The standard InChI is InChI=1S/C35H33N3O2/c1-35(2)22-27(34(23-36)37-3)21-26-20-25(8-19-33(26)35)24-6-9-28(10-7-24)38(29-11-15-31(39-4)16-12-29)30-13-17-32(40-5)18-14-30/h6-7,9-18,20-21,33H,8,19,22H2,1-2,4-5H3/b34-27+. The second-order valence-electron chi connectivity index (χ2n) is 10.9. The fourth-order valence-corrected chi connectivity index (χ4v) is 5.97. The Balaban J connectivity index is 1.50. The van der Waals surface area contributed by atoms with Crippen molar-refractivity contribution in [1.29, 1.82) is 5.26 Å². The summed E-state index contributed by atoms with van der Waals surface area (Å²) in [7, 11) is 3.34. The van der Waals surface area contributed by atoms with E-state index in [4.69, 9.17) is 16.0 Å². The molecule has 3 aromatic carbocycles. The Hall–Kier alpha value is -4.74. The lowest BCUT2D eigenvalue weighted by molar-refractivity contribution is 0.227. The molecule has 1 unspecified atom stereocenters. The molecule has 0 spiro atoms. The number of methoxy groups -OCH3 is 2. The Morgan fingerprint density at radius 2 is 1.40 bits per heavy atom. The van der Waals surface area contributed by atoms with Crippen LogP contribution in [0.15, 0.2) is 102 Å². The van der Waals surface area contributed by atoms with Gasteiger partial charge in [-0.25, -0.2) is 10.1 Å². The Morgan fingerprint density at radius 3 is 1.88 bits per heavy atom. The molecule has 5 rings (SSSR count). The average molecular weight is 528 g/mol. The molecule has 1 atom stereocenters. The predicted octanol–water partition coefficient (Wildman–Crippen LogP) is 9.02. The van der Waals surface area contributed by atoms with Gasteiger partial charge >= 0.3 is 0 Å². The van der Waals surface area contributed by atoms with Gasteiger partial charge in [0.25, 0.3) is 5.70 Å². The lowest BCUT2D eigenvalue weighted by atomic mass is 9.62. The normalized spacial score (nSPS) is 18.7. The lowest BCUT2D eigenvalue weighted by Crippen LogP contribution is -2.31. The van der Waals surface area contributed by atoms with Gasteiger partial charge < -0.3 is 14.4 Å². The first kappa shape index (κ1) is 26.9. The molecule has 2 aliphatic rings. The van der Waals surface area contributed by atoms with E-state index in [1.807, 2.05) is 24.3 Å². The maximum atomic E-state index is 9.48. The smallest absolute Gasteiger partial charge is 0.265 e. The van der Waals surface area contributed by atoms with Gasteiger partial charge in [-0.3, -0.25) is 0 Å². The Bertz CT molecular complexity index is 1500. The van der Waals surface area contributed by atoms with Crippen LogP contribution in [0.4, 0.5) is 17.1 Å². The van der Waals surface area contributed by atoms with Crippen molar-refractivity contribution in [1.82, 2.24) is 0 Å². The van der Waals surface area contributed by atoms with Crippen LogP contribution in [-0.2, 0) is 0 Å². The molecule has 0 saturated carbocycles. The number of nitrogens with zero attached hydrogens (tertiary/aromatic N) is 3. The highest BCUT2D eigenvalue weighted by molar-refractivity contribution is 5.79. The Morgan fingerprint density at radius 1 is 0.875 bits per heavy atom. The van der Waals surface area contributed by atoms with Gasteiger partial charge in [-0.05, 0) is 114 Å². The van der Waals surface area contributed by atoms with Crippen LogP contribution < -0.4 is 14.4 Å². The number of rotatable bonds is 6. The second-order valence-corrected chi connectivity index (χ2v) is 10.9. The number of hydrogen-bond donors (Lipinski definition) is 0. The molecule has 0 N–H and O–H groups in total. The van der Waals surface area contributed by atoms with E-state index in [2.05, 4.69) is 90.3 Å². The van der Waals surface area contributed by atoms with Gasteiger partial charge in [-0.2, -0.15) is 0 Å². The molecule has 0 bridgehead atoms. The number of hydrogen-bond acceptors (Lipinski definition) is 4. The highest BCUT2D eigenvalue weighted by Crippen LogP contribution is 2.50. The van der Waals surface area contributed by atoms with Gasteiger partial charge in [0.2, 0.25) is 0 Å². The zero-order valence-corrected chi connectivity index (χ0v) is 23.4. The molecule has 0 heterocycles. The molecule has 200 valence electrons. The summed E-state index contributed by atoms with van der Waals surface area (Å²) in [5, 5.41) is 9.48. The maximum Gasteiger partial charge on any atom is 0.265 e. The second kappa shape index (κ2) is 11.2. The molecule has 40 heavy (non-hydrogen) atoms. The van der Waals surface area contributed by atoms with E-state index >= 15 is 0 Å². The summed E-state index contributed by atoms with van der Waals surface area (Å²) in [6, 6.07) is 26.9. The van der Waals surface area contributed by atoms with Gasteiger partial charge in [0.1, 0.15) is 11.5 Å². The van der Waals surface area contributed by atoms with Crippen molar-refractivity contribution >= 4 is 22.6 Å². The molecule has 0 fully saturated rings. The molecule has 0 saturated heterocycles. The third-order valence-electron chi connectivity index (χ3n) is 8.06. The van der Waals surface area contributed by atoms with Gasteiger partial charge in [0, 0.05) is 17.1 Å². The number of benzene rings is 3. The van der Waals surface area contributed by atoms with E-state index in [0.717, 1.165) is 53.4 Å². The molecule has 0 radical (unpaired) electrons. The first-order chi connectivity index (χ1) is 19.4. The van der Waals surface area contributed by atoms with Crippen molar-refractivity contribution in [2.24, 2.45) is 11.3 Å². The summed E-state index contributed by atoms with van der Waals surface area (Å²) >= 11 is 0. The Labute approximate surface area is 237 Å². The number of nitriles is 1. The van der Waals surface area contributed by atoms with Crippen LogP contribution in [0.1, 0.15) is 38.7 Å². The van der Waals surface area contributed by atoms with Gasteiger partial charge in [-0.1, -0.05) is 38.1 Å². The van der Waals surface area contributed by atoms with Crippen LogP contribution >= 0.6 is 0 Å². The monoisotopic (exact) mass is 527 g/mol. The summed E-state index contributed by atoms with van der Waals surface area (Å²) < 4.78 is 10.8. The number of ether oxygens (including phenoxy) is 2. The number of fused-ring (bicyclic) bond motifs is 1. The van der Waals surface area contributed by atoms with E-state index in [9.17, 15) is 5.26 Å². The van der Waals surface area contributed by atoms with Crippen molar-refractivity contribution in [3.8, 4) is 17.6 Å². The molecule has 3 aromatic rings. The zero-order valence-electron chi connectivity index (χ0n) is 23.4. The van der Waals surface area contributed by atoms with Gasteiger partial charge in [0.15, 0.2) is 0 Å². The van der Waals surface area contributed by atoms with Crippen molar-refractivity contribution < 1.29 is 9.47 Å². The Kier molecular flexibility index (Phi) is 7.50. The minimum atomic E-state index is 0.00925. The van der Waals surface area contributed by atoms with Crippen LogP contribution in [0.2, 0.25) is 0 Å². The van der Waals surface area contributed by atoms with Crippen LogP contribution in [0.25, 0.3) is 10.4 Å². The molecule has 5 heteroatoms. The third-order valence-corrected chi connectivity index (χ3v) is 8.06. The summed E-state index contributed by atoms with van der Waals surface area (Å²) in [6.45, 7) is 11.9. The summed E-state index contributed by atoms with van der Waals surface area (Å²) in [4.78, 5) is 5.70. The number of anilines is 3. The van der Waals surface area contributed by atoms with E-state index in [-0.39, 0.29) is 11.1 Å². The average Bonchev–Trinajstić information content (AvgIpc) is 2.98. The van der Waals surface area contributed by atoms with Crippen LogP contribution in [0, 0.1) is 29.2 Å². The fraction of sp³-hybridized carbons (Fsp3) is 0.257. The van der Waals surface area contributed by atoms with Crippen LogP contribution in [0.3, 0.4) is 0 Å². The summed E-state index contributed by atoms with van der Waals surface area (Å²) in [5.41, 5.74) is 7.88. The SMILES string of the molecule is [C-]#[N+]/C(C#N)=C1\C=C2C=C(c3ccc(N(c4ccc(OC)cc4)c4ccc(OC)cc4)cc3)CCC2C(C)(C)C1. The van der Waals surface area contributed by atoms with E-state index in [1.165, 1.54) is 16.7 Å². The summed E-state index contributed by atoms with van der Waals surface area (Å²) in [5.74, 6) is 2.05. The van der Waals surface area contributed by atoms with E-state index < -0.39 is 0 Å². The van der Waals surface area contributed by atoms with E-state index in [0.29, 0.717) is 5.92 Å². The molecule has 0 aromatic heterocycles. The van der Waals surface area contributed by atoms with Gasteiger partial charge in [-0.15, -0.1) is 0 Å². The van der Waals surface area contributed by atoms with Crippen LogP contribution in [0.5, 0.6) is 11.5 Å². The minimum Gasteiger partial charge on any atom is -0.497 e. The third kappa shape index (κ3) is 5.24. The van der Waals surface area contributed by atoms with Crippen LogP contribution in [-0.4, -0.2) is 14.2 Å². The van der Waals surface area contributed by atoms with Crippen molar-refractivity contribution in [3.05, 3.63) is 119 Å². The minimum absolute atomic E-state index is 0.00925. The zero-order chi connectivity index (χ0) is 28.3. The fourth-order valence-electron chi connectivity index (χ4n) is 5.97. The first-order valence-corrected chi connectivity index (χ1v) is 13.5. The molecule has 5 nitrogen and oxygen atoms in total. The number of allylic oxidation sites excluding steroid dienone is 6. The highest BCUT2D eigenvalue weighted by atomic mass is 16.5. The molecular weight excluding hydrogens is 494 g/mol. The lowest BCUT2D eigenvalue weighted by Gasteiger charge is -2.42. The largest absolute Gasteiger partial charge is 0.497 e. The van der Waals surface area contributed by atoms with Crippen molar-refractivity contribution in [2.45, 2.75) is 33.1 Å². The molecular formula is C35H33N3O2. The topological polar surface area (TPSA) is 49.9 Å². The molecule has 0 amide bonds. The highest BCUT2D eigenvalue weighted by Gasteiger charge is 2.38. The first-order valence-electron chi connectivity index (χ1n) is 13.5. The van der Waals surface area contributed by atoms with Crippen molar-refractivity contribution in [3.63, 3.8) is 0 Å².